The number of nitrogens with zero attached hydrogens (tertiary/aromatic N) is 1. The molecule has 7 heteroatoms. The van der Waals surface area contributed by atoms with Crippen molar-refractivity contribution in [2.75, 3.05) is 5.73 Å². The average Bonchev–Trinajstić information content (AvgIpc) is 3.10. The summed E-state index contributed by atoms with van der Waals surface area (Å²) in [6, 6.07) is 5.38. The predicted octanol–water partition coefficient (Wildman–Crippen LogP) is 3.11. The second-order valence-electron chi connectivity index (χ2n) is 6.49. The first-order chi connectivity index (χ1) is 12.5. The molecule has 1 aliphatic carbocycles. The van der Waals surface area contributed by atoms with Crippen LogP contribution in [0, 0.1) is 5.41 Å². The largest absolute Gasteiger partial charge is 0.489 e. The summed E-state index contributed by atoms with van der Waals surface area (Å²) >= 11 is 1.40. The number of anilines is 1. The normalized spacial score (nSPS) is 14.9. The molecule has 0 aliphatic heterocycles. The van der Waals surface area contributed by atoms with Crippen molar-refractivity contribution in [3.8, 4) is 0 Å². The van der Waals surface area contributed by atoms with Crippen LogP contribution in [0.5, 0.6) is 0 Å². The highest BCUT2D eigenvalue weighted by atomic mass is 32.1. The van der Waals surface area contributed by atoms with Crippen LogP contribution in [0.4, 0.5) is 11.4 Å². The molecule has 0 bridgehead atoms. The fourth-order valence-electron chi connectivity index (χ4n) is 3.30. The Morgan fingerprint density at radius 1 is 1.27 bits per heavy atom. The number of benzene rings is 1. The second-order valence-corrected chi connectivity index (χ2v) is 7.43. The number of rotatable bonds is 5. The molecule has 134 valence electrons. The van der Waals surface area contributed by atoms with E-state index < -0.39 is 7.12 Å². The zero-order valence-electron chi connectivity index (χ0n) is 14.7. The fraction of sp³-hybridized carbons (Fsp3) is 0.263. The summed E-state index contributed by atoms with van der Waals surface area (Å²) in [5.74, 6) is 0. The first kappa shape index (κ1) is 18.6. The molecule has 0 fully saturated rings. The van der Waals surface area contributed by atoms with Crippen LogP contribution in [0.15, 0.2) is 34.1 Å². The molecule has 0 saturated carbocycles. The summed E-state index contributed by atoms with van der Waals surface area (Å²) in [7, 11) is -1.47. The fourth-order valence-corrected chi connectivity index (χ4v) is 4.08. The molecule has 0 unspecified atom stereocenters. The van der Waals surface area contributed by atoms with E-state index >= 15 is 0 Å². The van der Waals surface area contributed by atoms with Gasteiger partial charge in [-0.1, -0.05) is 5.57 Å². The summed E-state index contributed by atoms with van der Waals surface area (Å²) in [5, 5.41) is 28.0. The highest BCUT2D eigenvalue weighted by Gasteiger charge is 2.19. The Hall–Kier alpha value is -2.22. The maximum atomic E-state index is 9.24. The van der Waals surface area contributed by atoms with Gasteiger partial charge in [0.15, 0.2) is 0 Å². The summed E-state index contributed by atoms with van der Waals surface area (Å²) in [4.78, 5) is 5.47. The Balaban J connectivity index is 2.06. The summed E-state index contributed by atoms with van der Waals surface area (Å²) in [6.07, 6.45) is 7.39. The highest BCUT2D eigenvalue weighted by molar-refractivity contribution is 7.13. The van der Waals surface area contributed by atoms with Gasteiger partial charge >= 0.3 is 7.12 Å². The maximum Gasteiger partial charge on any atom is 0.489 e. The molecule has 26 heavy (non-hydrogen) atoms. The lowest BCUT2D eigenvalue weighted by Crippen LogP contribution is -2.27. The maximum absolute atomic E-state index is 9.24. The van der Waals surface area contributed by atoms with Gasteiger partial charge in [-0.3, -0.25) is 4.99 Å². The minimum atomic E-state index is -1.47. The summed E-state index contributed by atoms with van der Waals surface area (Å²) in [5.41, 5.74) is 12.2. The van der Waals surface area contributed by atoms with E-state index in [1.54, 1.807) is 23.7 Å². The van der Waals surface area contributed by atoms with Crippen molar-refractivity contribution in [3.05, 3.63) is 45.2 Å². The van der Waals surface area contributed by atoms with Gasteiger partial charge in [0.2, 0.25) is 0 Å². The van der Waals surface area contributed by atoms with E-state index in [9.17, 15) is 10.0 Å². The van der Waals surface area contributed by atoms with Crippen molar-refractivity contribution < 1.29 is 10.0 Å². The minimum absolute atomic E-state index is 0.458. The molecule has 1 aliphatic rings. The van der Waals surface area contributed by atoms with Crippen molar-refractivity contribution in [1.29, 1.82) is 5.41 Å². The van der Waals surface area contributed by atoms with E-state index in [1.165, 1.54) is 35.1 Å². The van der Waals surface area contributed by atoms with E-state index in [2.05, 4.69) is 11.9 Å². The number of thiophene rings is 1. The number of hydrogen-bond acceptors (Lipinski definition) is 6. The van der Waals surface area contributed by atoms with E-state index in [0.29, 0.717) is 16.7 Å². The smallest absolute Gasteiger partial charge is 0.423 e. The Bertz CT molecular complexity index is 887. The molecule has 5 N–H and O–H groups in total. The molecule has 0 atom stereocenters. The average molecular weight is 367 g/mol. The van der Waals surface area contributed by atoms with Gasteiger partial charge in [-0.05, 0) is 67.2 Å². The molecule has 3 rings (SSSR count). The van der Waals surface area contributed by atoms with Crippen molar-refractivity contribution >= 4 is 53.3 Å². The molecule has 0 amide bonds. The van der Waals surface area contributed by atoms with E-state index in [0.717, 1.165) is 35.4 Å². The van der Waals surface area contributed by atoms with Gasteiger partial charge in [-0.25, -0.2) is 0 Å². The van der Waals surface area contributed by atoms with Gasteiger partial charge in [0.25, 0.3) is 0 Å². The Morgan fingerprint density at radius 3 is 2.69 bits per heavy atom. The molecule has 1 heterocycles. The predicted molar refractivity (Wildman–Crippen MR) is 111 cm³/mol. The summed E-state index contributed by atoms with van der Waals surface area (Å²) in [6.45, 7) is 2.15. The second kappa shape index (κ2) is 7.99. The van der Waals surface area contributed by atoms with Gasteiger partial charge in [-0.2, -0.15) is 0 Å². The zero-order chi connectivity index (χ0) is 18.7. The molecule has 0 saturated heterocycles. The molecule has 0 radical (unpaired) electrons. The van der Waals surface area contributed by atoms with Gasteiger partial charge in [0, 0.05) is 34.1 Å². The summed E-state index contributed by atoms with van der Waals surface area (Å²) < 4.78 is 0. The Kier molecular flexibility index (Phi) is 5.71. The van der Waals surface area contributed by atoms with Crippen LogP contribution in [0.3, 0.4) is 0 Å². The number of nitrogen functional groups attached to an aromatic ring is 1. The van der Waals surface area contributed by atoms with Crippen LogP contribution >= 0.6 is 11.3 Å². The molecular formula is C19H22BN3O2S. The minimum Gasteiger partial charge on any atom is -0.423 e. The van der Waals surface area contributed by atoms with Gasteiger partial charge in [0.05, 0.1) is 5.69 Å². The van der Waals surface area contributed by atoms with Crippen LogP contribution in [-0.2, 0) is 0 Å². The standard InChI is InChI=1S/C19H22BN3O2S/c1-12-4-2-3-5-15(12)19-16(9-21)17(22)6-7-18(19)23-10-14-8-13(11-26-14)20(24)25/h6-11,21,24-25H,2-5,22H2,1H3. The molecule has 2 aromatic rings. The van der Waals surface area contributed by atoms with Gasteiger partial charge < -0.3 is 21.2 Å². The third-order valence-corrected chi connectivity index (χ3v) is 5.60. The highest BCUT2D eigenvalue weighted by Crippen LogP contribution is 2.40. The number of nitrogens with two attached hydrogens (primary N) is 1. The Morgan fingerprint density at radius 2 is 2.04 bits per heavy atom. The van der Waals surface area contributed by atoms with Crippen LogP contribution in [0.25, 0.3) is 5.57 Å². The van der Waals surface area contributed by atoms with E-state index in [-0.39, 0.29) is 0 Å². The van der Waals surface area contributed by atoms with E-state index in [4.69, 9.17) is 11.1 Å². The molecule has 0 spiro atoms. The number of hydrogen-bond donors (Lipinski definition) is 4. The molecule has 5 nitrogen and oxygen atoms in total. The van der Waals surface area contributed by atoms with Crippen LogP contribution in [0.1, 0.15) is 48.6 Å². The molecule has 1 aromatic heterocycles. The monoisotopic (exact) mass is 367 g/mol. The lowest BCUT2D eigenvalue weighted by atomic mass is 9.83. The van der Waals surface area contributed by atoms with Crippen LogP contribution in [-0.4, -0.2) is 29.6 Å². The SMILES string of the molecule is CC1=C(c2c(N=Cc3cc(B(O)O)cs3)ccc(N)c2C=N)CCCC1. The topological polar surface area (TPSA) is 103 Å². The van der Waals surface area contributed by atoms with Crippen LogP contribution < -0.4 is 11.2 Å². The van der Waals surface area contributed by atoms with E-state index in [1.807, 2.05) is 6.07 Å². The molecular weight excluding hydrogens is 345 g/mol. The van der Waals surface area contributed by atoms with Crippen molar-refractivity contribution in [1.82, 2.24) is 0 Å². The first-order valence-electron chi connectivity index (χ1n) is 8.62. The number of nitrogens with one attached hydrogen (secondary N) is 1. The van der Waals surface area contributed by atoms with Gasteiger partial charge in [-0.15, -0.1) is 11.3 Å². The lowest BCUT2D eigenvalue weighted by molar-refractivity contribution is 0.426. The third-order valence-electron chi connectivity index (χ3n) is 4.72. The van der Waals surface area contributed by atoms with Crippen molar-refractivity contribution in [3.63, 3.8) is 0 Å². The number of allylic oxidation sites excluding steroid dienone is 2. The Labute approximate surface area is 157 Å². The number of aliphatic imine (C=N–C) groups is 1. The quantitative estimate of drug-likeness (QED) is 0.371. The molecule has 1 aromatic carbocycles. The third kappa shape index (κ3) is 3.80. The van der Waals surface area contributed by atoms with Crippen LogP contribution in [0.2, 0.25) is 0 Å². The lowest BCUT2D eigenvalue weighted by Gasteiger charge is -2.21. The van der Waals surface area contributed by atoms with Gasteiger partial charge in [0.1, 0.15) is 0 Å². The zero-order valence-corrected chi connectivity index (χ0v) is 15.5. The van der Waals surface area contributed by atoms with Crippen molar-refractivity contribution in [2.45, 2.75) is 32.6 Å². The first-order valence-corrected chi connectivity index (χ1v) is 9.49. The van der Waals surface area contributed by atoms with Crippen molar-refractivity contribution in [2.24, 2.45) is 4.99 Å².